The highest BCUT2D eigenvalue weighted by molar-refractivity contribution is 5.72. The molecule has 0 aliphatic carbocycles. The number of carbonyl (C=O) groups is 1. The number of hydrogen-bond acceptors (Lipinski definition) is 5. The largest absolute Gasteiger partial charge is 0.479 e. The van der Waals surface area contributed by atoms with Crippen molar-refractivity contribution in [3.63, 3.8) is 0 Å². The van der Waals surface area contributed by atoms with Crippen molar-refractivity contribution in [2.45, 2.75) is 38.0 Å². The lowest BCUT2D eigenvalue weighted by molar-refractivity contribution is -0.149. The second-order valence-electron chi connectivity index (χ2n) is 4.95. The van der Waals surface area contributed by atoms with E-state index in [1.165, 1.54) is 0 Å². The van der Waals surface area contributed by atoms with Gasteiger partial charge in [-0.25, -0.2) is 4.79 Å². The molecule has 1 heterocycles. The summed E-state index contributed by atoms with van der Waals surface area (Å²) in [4.78, 5) is 13.1. The van der Waals surface area contributed by atoms with E-state index in [2.05, 4.69) is 11.8 Å². The topological polar surface area (TPSA) is 68.2 Å². The van der Waals surface area contributed by atoms with Gasteiger partial charge in [-0.2, -0.15) is 0 Å². The second kappa shape index (κ2) is 8.47. The number of aliphatic carboxylic acids is 1. The fourth-order valence-corrected chi connectivity index (χ4v) is 2.33. The first-order valence-corrected chi connectivity index (χ1v) is 6.68. The van der Waals surface area contributed by atoms with Crippen LogP contribution in [0.4, 0.5) is 0 Å². The SMILES string of the molecule is COCCN(CC1CCC(C(=O)O)O1)C(C)COC. The summed E-state index contributed by atoms with van der Waals surface area (Å²) in [5.41, 5.74) is 0. The highest BCUT2D eigenvalue weighted by Gasteiger charge is 2.32. The van der Waals surface area contributed by atoms with Gasteiger partial charge in [0.1, 0.15) is 0 Å². The zero-order valence-corrected chi connectivity index (χ0v) is 12.0. The molecule has 3 atom stereocenters. The summed E-state index contributed by atoms with van der Waals surface area (Å²) < 4.78 is 15.8. The smallest absolute Gasteiger partial charge is 0.332 e. The Morgan fingerprint density at radius 1 is 1.42 bits per heavy atom. The maximum absolute atomic E-state index is 10.9. The fraction of sp³-hybridized carbons (Fsp3) is 0.923. The number of methoxy groups -OCH3 is 2. The van der Waals surface area contributed by atoms with Crippen molar-refractivity contribution in [2.24, 2.45) is 0 Å². The molecule has 1 saturated heterocycles. The zero-order chi connectivity index (χ0) is 14.3. The van der Waals surface area contributed by atoms with Crippen LogP contribution in [0.1, 0.15) is 19.8 Å². The number of nitrogens with zero attached hydrogens (tertiary/aromatic N) is 1. The minimum Gasteiger partial charge on any atom is -0.479 e. The van der Waals surface area contributed by atoms with E-state index in [0.717, 1.165) is 19.5 Å². The molecule has 0 aromatic heterocycles. The molecule has 112 valence electrons. The van der Waals surface area contributed by atoms with Crippen LogP contribution in [0.25, 0.3) is 0 Å². The van der Waals surface area contributed by atoms with Crippen LogP contribution in [0.5, 0.6) is 0 Å². The average Bonchev–Trinajstić information content (AvgIpc) is 2.83. The van der Waals surface area contributed by atoms with Gasteiger partial charge in [0.15, 0.2) is 6.10 Å². The number of carboxylic acid groups (broad SMARTS) is 1. The lowest BCUT2D eigenvalue weighted by Crippen LogP contribution is -2.43. The van der Waals surface area contributed by atoms with E-state index in [-0.39, 0.29) is 12.1 Å². The quantitative estimate of drug-likeness (QED) is 0.664. The van der Waals surface area contributed by atoms with Gasteiger partial charge in [0.2, 0.25) is 0 Å². The Bertz CT molecular complexity index is 274. The number of ether oxygens (including phenoxy) is 3. The minimum absolute atomic E-state index is 0.0164. The molecule has 0 bridgehead atoms. The van der Waals surface area contributed by atoms with Gasteiger partial charge in [0.25, 0.3) is 0 Å². The molecule has 0 amide bonds. The van der Waals surface area contributed by atoms with Crippen LogP contribution in [0.15, 0.2) is 0 Å². The molecule has 0 saturated carbocycles. The molecule has 6 heteroatoms. The van der Waals surface area contributed by atoms with Crippen molar-refractivity contribution in [1.82, 2.24) is 4.90 Å². The molecule has 0 aromatic carbocycles. The van der Waals surface area contributed by atoms with Crippen LogP contribution < -0.4 is 0 Å². The molecule has 1 fully saturated rings. The highest BCUT2D eigenvalue weighted by Crippen LogP contribution is 2.21. The maximum Gasteiger partial charge on any atom is 0.332 e. The van der Waals surface area contributed by atoms with Crippen molar-refractivity contribution in [1.29, 1.82) is 0 Å². The van der Waals surface area contributed by atoms with Gasteiger partial charge in [0.05, 0.1) is 19.3 Å². The first kappa shape index (κ1) is 16.4. The van der Waals surface area contributed by atoms with Crippen molar-refractivity contribution in [3.05, 3.63) is 0 Å². The van der Waals surface area contributed by atoms with Crippen LogP contribution in [-0.4, -0.2) is 74.7 Å². The third-order valence-electron chi connectivity index (χ3n) is 3.43. The molecule has 1 N–H and O–H groups in total. The predicted octanol–water partition coefficient (Wildman–Crippen LogP) is 0.602. The summed E-state index contributed by atoms with van der Waals surface area (Å²) in [5, 5.41) is 8.92. The Hall–Kier alpha value is -0.690. The Kier molecular flexibility index (Phi) is 7.30. The van der Waals surface area contributed by atoms with E-state index >= 15 is 0 Å². The zero-order valence-electron chi connectivity index (χ0n) is 12.0. The molecule has 1 aliphatic heterocycles. The number of carboxylic acids is 1. The van der Waals surface area contributed by atoms with Crippen LogP contribution in [0, 0.1) is 0 Å². The van der Waals surface area contributed by atoms with Crippen molar-refractivity contribution in [3.8, 4) is 0 Å². The van der Waals surface area contributed by atoms with Gasteiger partial charge in [-0.05, 0) is 19.8 Å². The molecule has 1 rings (SSSR count). The molecule has 19 heavy (non-hydrogen) atoms. The summed E-state index contributed by atoms with van der Waals surface area (Å²) in [7, 11) is 3.35. The lowest BCUT2D eigenvalue weighted by atomic mass is 10.1. The van der Waals surface area contributed by atoms with Gasteiger partial charge in [0, 0.05) is 33.4 Å². The van der Waals surface area contributed by atoms with Crippen molar-refractivity contribution < 1.29 is 24.1 Å². The van der Waals surface area contributed by atoms with Crippen LogP contribution in [0.2, 0.25) is 0 Å². The number of hydrogen-bond donors (Lipinski definition) is 1. The summed E-state index contributed by atoms with van der Waals surface area (Å²) in [6.45, 7) is 4.88. The molecule has 6 nitrogen and oxygen atoms in total. The third kappa shape index (κ3) is 5.44. The molecular formula is C13H25NO5. The van der Waals surface area contributed by atoms with Crippen LogP contribution in [0.3, 0.4) is 0 Å². The fourth-order valence-electron chi connectivity index (χ4n) is 2.33. The van der Waals surface area contributed by atoms with E-state index < -0.39 is 12.1 Å². The van der Waals surface area contributed by atoms with E-state index in [1.807, 2.05) is 0 Å². The van der Waals surface area contributed by atoms with Crippen LogP contribution in [-0.2, 0) is 19.0 Å². The maximum atomic E-state index is 10.9. The molecule has 0 spiro atoms. The standard InChI is InChI=1S/C13H25NO5/c1-10(9-18-3)14(6-7-17-2)8-11-4-5-12(19-11)13(15)16/h10-12H,4-9H2,1-3H3,(H,15,16). The van der Waals surface area contributed by atoms with Crippen molar-refractivity contribution in [2.75, 3.05) is 40.5 Å². The van der Waals surface area contributed by atoms with Crippen molar-refractivity contribution >= 4 is 5.97 Å². The average molecular weight is 275 g/mol. The molecular weight excluding hydrogens is 250 g/mol. The van der Waals surface area contributed by atoms with Crippen LogP contribution >= 0.6 is 0 Å². The van der Waals surface area contributed by atoms with Gasteiger partial charge in [-0.3, -0.25) is 4.90 Å². The first-order valence-electron chi connectivity index (χ1n) is 6.68. The molecule has 1 aliphatic rings. The monoisotopic (exact) mass is 275 g/mol. The molecule has 0 radical (unpaired) electrons. The molecule has 3 unspecified atom stereocenters. The normalized spacial score (nSPS) is 24.8. The van der Waals surface area contributed by atoms with Gasteiger partial charge in [-0.15, -0.1) is 0 Å². The van der Waals surface area contributed by atoms with Gasteiger partial charge in [-0.1, -0.05) is 0 Å². The van der Waals surface area contributed by atoms with E-state index in [9.17, 15) is 4.79 Å². The highest BCUT2D eigenvalue weighted by atomic mass is 16.5. The Morgan fingerprint density at radius 2 is 2.16 bits per heavy atom. The number of rotatable bonds is 9. The Balaban J connectivity index is 2.45. The van der Waals surface area contributed by atoms with Gasteiger partial charge >= 0.3 is 5.97 Å². The van der Waals surface area contributed by atoms with E-state index in [1.54, 1.807) is 14.2 Å². The summed E-state index contributed by atoms with van der Waals surface area (Å²) in [6, 6.07) is 0.257. The Labute approximate surface area is 114 Å². The summed E-state index contributed by atoms with van der Waals surface area (Å²) in [5.74, 6) is -0.865. The summed E-state index contributed by atoms with van der Waals surface area (Å²) in [6.07, 6.45) is 0.723. The third-order valence-corrected chi connectivity index (χ3v) is 3.43. The molecule has 0 aromatic rings. The Morgan fingerprint density at radius 3 is 2.68 bits per heavy atom. The second-order valence-corrected chi connectivity index (χ2v) is 4.95. The van der Waals surface area contributed by atoms with E-state index in [4.69, 9.17) is 19.3 Å². The van der Waals surface area contributed by atoms with E-state index in [0.29, 0.717) is 19.6 Å². The lowest BCUT2D eigenvalue weighted by Gasteiger charge is -2.30. The first-order chi connectivity index (χ1) is 9.08. The predicted molar refractivity (Wildman–Crippen MR) is 70.3 cm³/mol. The summed E-state index contributed by atoms with van der Waals surface area (Å²) >= 11 is 0. The van der Waals surface area contributed by atoms with Gasteiger partial charge < -0.3 is 19.3 Å². The minimum atomic E-state index is -0.865.